The molecule has 1 amide bonds. The smallest absolute Gasteiger partial charge is 0.349 e. The van der Waals surface area contributed by atoms with E-state index in [1.165, 1.54) is 34.6 Å². The fourth-order valence-corrected chi connectivity index (χ4v) is 4.18. The Morgan fingerprint density at radius 3 is 2.77 bits per heavy atom. The lowest BCUT2D eigenvalue weighted by molar-refractivity contribution is -0.129. The lowest BCUT2D eigenvalue weighted by Crippen LogP contribution is -2.35. The number of methoxy groups -OCH3 is 1. The van der Waals surface area contributed by atoms with Gasteiger partial charge in [0.15, 0.2) is 6.10 Å². The van der Waals surface area contributed by atoms with E-state index >= 15 is 0 Å². The fraction of sp³-hybridized carbons (Fsp3) is 0.400. The van der Waals surface area contributed by atoms with Gasteiger partial charge in [0.2, 0.25) is 0 Å². The number of thiophene rings is 1. The third kappa shape index (κ3) is 4.25. The number of hydrogen-bond acceptors (Lipinski definition) is 5. The molecule has 5 nitrogen and oxygen atoms in total. The Kier molecular flexibility index (Phi) is 5.93. The Hall–Kier alpha value is -2.34. The van der Waals surface area contributed by atoms with Crippen LogP contribution in [0.15, 0.2) is 30.3 Å². The summed E-state index contributed by atoms with van der Waals surface area (Å²) in [5.41, 5.74) is 2.12. The van der Waals surface area contributed by atoms with Crippen molar-refractivity contribution in [1.29, 1.82) is 0 Å². The van der Waals surface area contributed by atoms with Gasteiger partial charge in [0.05, 0.1) is 7.11 Å². The van der Waals surface area contributed by atoms with Crippen molar-refractivity contribution in [2.24, 2.45) is 0 Å². The van der Waals surface area contributed by atoms with Crippen LogP contribution in [0.3, 0.4) is 0 Å². The van der Waals surface area contributed by atoms with Gasteiger partial charge in [-0.15, -0.1) is 11.3 Å². The van der Waals surface area contributed by atoms with E-state index in [1.54, 1.807) is 14.0 Å². The molecular weight excluding hydrogens is 350 g/mol. The highest BCUT2D eigenvalue weighted by atomic mass is 32.1. The van der Waals surface area contributed by atoms with Crippen molar-refractivity contribution in [3.05, 3.63) is 51.2 Å². The third-order valence-corrected chi connectivity index (χ3v) is 5.71. The molecule has 3 rings (SSSR count). The second-order valence-electron chi connectivity index (χ2n) is 6.34. The third-order valence-electron chi connectivity index (χ3n) is 4.50. The largest absolute Gasteiger partial charge is 0.496 e. The van der Waals surface area contributed by atoms with E-state index in [2.05, 4.69) is 5.32 Å². The molecule has 1 aliphatic carbocycles. The van der Waals surface area contributed by atoms with Gasteiger partial charge < -0.3 is 14.8 Å². The molecule has 0 saturated heterocycles. The molecule has 0 spiro atoms. The molecule has 0 bridgehead atoms. The van der Waals surface area contributed by atoms with E-state index < -0.39 is 12.1 Å². The van der Waals surface area contributed by atoms with Crippen LogP contribution in [0.2, 0.25) is 0 Å². The number of esters is 1. The maximum Gasteiger partial charge on any atom is 0.349 e. The van der Waals surface area contributed by atoms with Gasteiger partial charge in [-0.3, -0.25) is 4.79 Å². The molecule has 138 valence electrons. The topological polar surface area (TPSA) is 64.6 Å². The first kappa shape index (κ1) is 18.5. The predicted molar refractivity (Wildman–Crippen MR) is 101 cm³/mol. The van der Waals surface area contributed by atoms with Gasteiger partial charge in [-0.25, -0.2) is 4.79 Å². The molecule has 1 aromatic heterocycles. The molecule has 26 heavy (non-hydrogen) atoms. The number of rotatable bonds is 6. The predicted octanol–water partition coefficient (Wildman–Crippen LogP) is 3.50. The van der Waals surface area contributed by atoms with E-state index in [0.717, 1.165) is 18.4 Å². The van der Waals surface area contributed by atoms with Gasteiger partial charge in [-0.2, -0.15) is 0 Å². The van der Waals surface area contributed by atoms with Crippen molar-refractivity contribution in [3.8, 4) is 5.75 Å². The summed E-state index contributed by atoms with van der Waals surface area (Å²) in [5, 5.41) is 2.79. The van der Waals surface area contributed by atoms with Gasteiger partial charge in [0.1, 0.15) is 10.6 Å². The normalized spacial score (nSPS) is 14.2. The van der Waals surface area contributed by atoms with E-state index in [-0.39, 0.29) is 5.91 Å². The Morgan fingerprint density at radius 2 is 2.00 bits per heavy atom. The molecule has 0 fully saturated rings. The van der Waals surface area contributed by atoms with Crippen LogP contribution in [0.1, 0.15) is 45.4 Å². The van der Waals surface area contributed by atoms with Gasteiger partial charge >= 0.3 is 5.97 Å². The molecule has 1 aliphatic rings. The van der Waals surface area contributed by atoms with Crippen LogP contribution in [-0.4, -0.2) is 25.1 Å². The van der Waals surface area contributed by atoms with Crippen molar-refractivity contribution < 1.29 is 19.1 Å². The summed E-state index contributed by atoms with van der Waals surface area (Å²) in [6.45, 7) is 1.90. The molecular formula is C20H23NO4S. The average molecular weight is 373 g/mol. The zero-order chi connectivity index (χ0) is 18.5. The molecule has 2 aromatic rings. The van der Waals surface area contributed by atoms with Crippen molar-refractivity contribution in [2.45, 2.75) is 45.3 Å². The average Bonchev–Trinajstić information content (AvgIpc) is 3.10. The minimum absolute atomic E-state index is 0.317. The van der Waals surface area contributed by atoms with Crippen LogP contribution in [0.4, 0.5) is 0 Å². The summed E-state index contributed by atoms with van der Waals surface area (Å²) in [4.78, 5) is 26.5. The Labute approximate surface area is 157 Å². The molecule has 0 aliphatic heterocycles. The van der Waals surface area contributed by atoms with Crippen LogP contribution < -0.4 is 10.1 Å². The second kappa shape index (κ2) is 8.36. The maximum atomic E-state index is 12.3. The Morgan fingerprint density at radius 1 is 1.23 bits per heavy atom. The van der Waals surface area contributed by atoms with Gasteiger partial charge in [0.25, 0.3) is 5.91 Å². The van der Waals surface area contributed by atoms with Gasteiger partial charge in [-0.1, -0.05) is 18.2 Å². The second-order valence-corrected chi connectivity index (χ2v) is 7.48. The first-order chi connectivity index (χ1) is 12.6. The maximum absolute atomic E-state index is 12.3. The van der Waals surface area contributed by atoms with E-state index in [9.17, 15) is 9.59 Å². The highest BCUT2D eigenvalue weighted by molar-refractivity contribution is 7.14. The lowest BCUT2D eigenvalue weighted by Gasteiger charge is -2.14. The number of amides is 1. The Bertz CT molecular complexity index is 775. The van der Waals surface area contributed by atoms with Crippen molar-refractivity contribution in [2.75, 3.05) is 7.11 Å². The van der Waals surface area contributed by atoms with E-state index in [1.807, 2.05) is 30.3 Å². The number of para-hydroxylation sites is 1. The zero-order valence-corrected chi connectivity index (χ0v) is 15.9. The Balaban J connectivity index is 1.55. The molecule has 1 heterocycles. The minimum Gasteiger partial charge on any atom is -0.496 e. The number of hydrogen-bond donors (Lipinski definition) is 1. The van der Waals surface area contributed by atoms with E-state index in [4.69, 9.17) is 9.47 Å². The molecule has 0 saturated carbocycles. The number of fused-ring (bicyclic) bond motifs is 1. The van der Waals surface area contributed by atoms with Gasteiger partial charge in [0, 0.05) is 17.0 Å². The highest BCUT2D eigenvalue weighted by Crippen LogP contribution is 2.30. The van der Waals surface area contributed by atoms with Crippen molar-refractivity contribution in [1.82, 2.24) is 5.32 Å². The lowest BCUT2D eigenvalue weighted by atomic mass is 9.99. The van der Waals surface area contributed by atoms with Crippen molar-refractivity contribution >= 4 is 23.2 Å². The van der Waals surface area contributed by atoms with Crippen LogP contribution >= 0.6 is 11.3 Å². The quantitative estimate of drug-likeness (QED) is 0.787. The summed E-state index contributed by atoms with van der Waals surface area (Å²) < 4.78 is 10.6. The van der Waals surface area contributed by atoms with E-state index in [0.29, 0.717) is 17.2 Å². The number of aryl methyl sites for hydroxylation is 2. The SMILES string of the molecule is COc1ccccc1CNC(=O)[C@H](C)OC(=O)c1cc2c(s1)CCCC2. The monoisotopic (exact) mass is 373 g/mol. The summed E-state index contributed by atoms with van der Waals surface area (Å²) in [6.07, 6.45) is 3.54. The molecule has 0 unspecified atom stereocenters. The summed E-state index contributed by atoms with van der Waals surface area (Å²) in [6, 6.07) is 9.39. The summed E-state index contributed by atoms with van der Waals surface area (Å²) in [7, 11) is 1.59. The van der Waals surface area contributed by atoms with Crippen molar-refractivity contribution in [3.63, 3.8) is 0 Å². The number of ether oxygens (including phenoxy) is 2. The highest BCUT2D eigenvalue weighted by Gasteiger charge is 2.22. The summed E-state index contributed by atoms with van der Waals surface area (Å²) >= 11 is 1.49. The molecule has 1 atom stereocenters. The van der Waals surface area contributed by atoms with Crippen LogP contribution in [-0.2, 0) is 28.9 Å². The first-order valence-electron chi connectivity index (χ1n) is 8.80. The fourth-order valence-electron chi connectivity index (χ4n) is 3.04. The standard InChI is InChI=1S/C20H23NO4S/c1-13(19(22)21-12-15-8-3-5-9-16(15)24-2)25-20(23)18-11-14-7-4-6-10-17(14)26-18/h3,5,8-9,11,13H,4,6-7,10,12H2,1-2H3,(H,21,22)/t13-/m0/s1. The number of carbonyl (C=O) groups excluding carboxylic acids is 2. The molecule has 0 radical (unpaired) electrons. The first-order valence-corrected chi connectivity index (χ1v) is 9.62. The minimum atomic E-state index is -0.851. The number of nitrogens with one attached hydrogen (secondary N) is 1. The van der Waals surface area contributed by atoms with Gasteiger partial charge in [-0.05, 0) is 50.3 Å². The van der Waals surface area contributed by atoms with Crippen LogP contribution in [0, 0.1) is 0 Å². The number of carbonyl (C=O) groups is 2. The zero-order valence-electron chi connectivity index (χ0n) is 15.0. The number of benzene rings is 1. The molecule has 1 N–H and O–H groups in total. The van der Waals surface area contributed by atoms with Crippen LogP contribution in [0.25, 0.3) is 0 Å². The molecule has 1 aromatic carbocycles. The summed E-state index contributed by atoms with van der Waals surface area (Å²) in [5.74, 6) is -0.0449. The molecule has 6 heteroatoms. The van der Waals surface area contributed by atoms with Crippen LogP contribution in [0.5, 0.6) is 5.75 Å².